The number of aliphatic hydroxyl groups excluding tert-OH is 2. The van der Waals surface area contributed by atoms with E-state index in [1.165, 1.54) is 0 Å². The Bertz CT molecular complexity index is 447. The number of nitrogens with zero attached hydrogens (tertiary/aromatic N) is 2. The van der Waals surface area contributed by atoms with Crippen molar-refractivity contribution in [1.29, 1.82) is 0 Å². The summed E-state index contributed by atoms with van der Waals surface area (Å²) in [6, 6.07) is 5.50. The van der Waals surface area contributed by atoms with E-state index in [0.29, 0.717) is 10.3 Å². The van der Waals surface area contributed by atoms with Crippen molar-refractivity contribution in [3.63, 3.8) is 0 Å². The molecule has 1 unspecified atom stereocenters. The molecule has 0 saturated heterocycles. The van der Waals surface area contributed by atoms with E-state index >= 15 is 0 Å². The average Bonchev–Trinajstić information content (AvgIpc) is 2.39. The van der Waals surface area contributed by atoms with Gasteiger partial charge in [-0.3, -0.25) is 4.98 Å². The van der Waals surface area contributed by atoms with Gasteiger partial charge in [-0.05, 0) is 34.1 Å². The Kier molecular flexibility index (Phi) is 3.61. The molecule has 0 spiro atoms. The Morgan fingerprint density at radius 2 is 2.18 bits per heavy atom. The van der Waals surface area contributed by atoms with Crippen LogP contribution in [0, 0.1) is 0 Å². The Morgan fingerprint density at radius 1 is 1.35 bits per heavy atom. The number of aliphatic hydroxyl groups is 2. The number of halogens is 1. The molecule has 0 aromatic carbocycles. The van der Waals surface area contributed by atoms with Crippen LogP contribution in [0.25, 0.3) is 0 Å². The minimum absolute atomic E-state index is 0.163. The third-order valence-corrected chi connectivity index (χ3v) is 3.53. The zero-order chi connectivity index (χ0) is 12.3. The van der Waals surface area contributed by atoms with Gasteiger partial charge in [0.1, 0.15) is 12.3 Å². The fourth-order valence-corrected chi connectivity index (χ4v) is 2.49. The highest BCUT2D eigenvalue weighted by atomic mass is 79.9. The van der Waals surface area contributed by atoms with Gasteiger partial charge in [-0.2, -0.15) is 0 Å². The highest BCUT2D eigenvalue weighted by Crippen LogP contribution is 2.36. The summed E-state index contributed by atoms with van der Waals surface area (Å²) >= 11 is 3.37. The standard InChI is InChI=1S/C12H13BrN2O2/c13-11-5-3-6-12(8-16,15(11)9-17)10-4-1-2-7-14-10/h1-7,16-17H,8-9H2. The quantitative estimate of drug-likeness (QED) is 0.826. The maximum absolute atomic E-state index is 9.72. The summed E-state index contributed by atoms with van der Waals surface area (Å²) in [7, 11) is 0. The Labute approximate surface area is 108 Å². The Hall–Kier alpha value is -1.17. The summed E-state index contributed by atoms with van der Waals surface area (Å²) in [6.45, 7) is -0.372. The molecule has 17 heavy (non-hydrogen) atoms. The van der Waals surface area contributed by atoms with E-state index in [0.717, 1.165) is 0 Å². The third kappa shape index (κ3) is 2.01. The molecule has 90 valence electrons. The van der Waals surface area contributed by atoms with Gasteiger partial charge in [0.2, 0.25) is 0 Å². The molecule has 1 aliphatic heterocycles. The molecule has 1 atom stereocenters. The molecule has 1 aromatic rings. The van der Waals surface area contributed by atoms with Crippen molar-refractivity contribution in [2.24, 2.45) is 0 Å². The summed E-state index contributed by atoms with van der Waals surface area (Å²) in [5.74, 6) is 0. The minimum Gasteiger partial charge on any atom is -0.393 e. The van der Waals surface area contributed by atoms with Crippen molar-refractivity contribution in [1.82, 2.24) is 9.88 Å². The maximum atomic E-state index is 9.72. The van der Waals surface area contributed by atoms with Crippen LogP contribution in [0.15, 0.2) is 47.2 Å². The van der Waals surface area contributed by atoms with Crippen LogP contribution in [0.3, 0.4) is 0 Å². The molecule has 0 aliphatic carbocycles. The molecule has 1 aromatic heterocycles. The molecular weight excluding hydrogens is 284 g/mol. The maximum Gasteiger partial charge on any atom is 0.127 e. The van der Waals surface area contributed by atoms with Gasteiger partial charge >= 0.3 is 0 Å². The Balaban J connectivity index is 2.51. The highest BCUT2D eigenvalue weighted by Gasteiger charge is 2.38. The Morgan fingerprint density at radius 3 is 2.76 bits per heavy atom. The van der Waals surface area contributed by atoms with Gasteiger partial charge in [0, 0.05) is 6.20 Å². The second kappa shape index (κ2) is 5.00. The van der Waals surface area contributed by atoms with Crippen LogP contribution in [0.2, 0.25) is 0 Å². The SMILES string of the molecule is OCN1C(Br)=CC=CC1(CO)c1ccccn1. The molecular formula is C12H13BrN2O2. The molecule has 0 bridgehead atoms. The number of hydrogen-bond acceptors (Lipinski definition) is 4. The topological polar surface area (TPSA) is 56.6 Å². The third-order valence-electron chi connectivity index (χ3n) is 2.84. The smallest absolute Gasteiger partial charge is 0.127 e. The van der Waals surface area contributed by atoms with Crippen molar-refractivity contribution >= 4 is 15.9 Å². The zero-order valence-electron chi connectivity index (χ0n) is 9.12. The largest absolute Gasteiger partial charge is 0.393 e. The van der Waals surface area contributed by atoms with E-state index in [2.05, 4.69) is 20.9 Å². The van der Waals surface area contributed by atoms with Crippen LogP contribution < -0.4 is 0 Å². The monoisotopic (exact) mass is 296 g/mol. The van der Waals surface area contributed by atoms with Gasteiger partial charge in [0.05, 0.1) is 16.9 Å². The lowest BCUT2D eigenvalue weighted by Crippen LogP contribution is -2.48. The first-order valence-corrected chi connectivity index (χ1v) is 6.00. The molecule has 0 amide bonds. The number of aromatic nitrogens is 1. The summed E-state index contributed by atoms with van der Waals surface area (Å²) in [5.41, 5.74) is -0.123. The van der Waals surface area contributed by atoms with E-state index in [-0.39, 0.29) is 13.3 Å². The number of rotatable bonds is 3. The minimum atomic E-state index is -0.816. The van der Waals surface area contributed by atoms with Crippen LogP contribution in [-0.2, 0) is 5.54 Å². The van der Waals surface area contributed by atoms with E-state index < -0.39 is 5.54 Å². The van der Waals surface area contributed by atoms with E-state index in [1.54, 1.807) is 11.1 Å². The second-order valence-electron chi connectivity index (χ2n) is 3.72. The van der Waals surface area contributed by atoms with Crippen molar-refractivity contribution in [3.05, 3.63) is 52.9 Å². The molecule has 0 radical (unpaired) electrons. The van der Waals surface area contributed by atoms with Crippen LogP contribution in [0.5, 0.6) is 0 Å². The molecule has 0 saturated carbocycles. The first-order valence-electron chi connectivity index (χ1n) is 5.20. The van der Waals surface area contributed by atoms with Crippen LogP contribution in [-0.4, -0.2) is 33.4 Å². The lowest BCUT2D eigenvalue weighted by Gasteiger charge is -2.41. The fourth-order valence-electron chi connectivity index (χ4n) is 1.91. The summed E-state index contributed by atoms with van der Waals surface area (Å²) < 4.78 is 0.710. The molecule has 2 N–H and O–H groups in total. The number of allylic oxidation sites excluding steroid dienone is 2. The predicted molar refractivity (Wildman–Crippen MR) is 68.1 cm³/mol. The van der Waals surface area contributed by atoms with Crippen LogP contribution >= 0.6 is 15.9 Å². The van der Waals surface area contributed by atoms with E-state index in [1.807, 2.05) is 36.4 Å². The van der Waals surface area contributed by atoms with Crippen molar-refractivity contribution in [2.75, 3.05) is 13.3 Å². The van der Waals surface area contributed by atoms with E-state index in [4.69, 9.17) is 0 Å². The summed E-state index contributed by atoms with van der Waals surface area (Å²) in [6.07, 6.45) is 7.15. The van der Waals surface area contributed by atoms with Gasteiger partial charge in [0.15, 0.2) is 0 Å². The van der Waals surface area contributed by atoms with Gasteiger partial charge in [0.25, 0.3) is 0 Å². The van der Waals surface area contributed by atoms with Gasteiger partial charge < -0.3 is 15.1 Å². The first-order chi connectivity index (χ1) is 8.24. The second-order valence-corrected chi connectivity index (χ2v) is 4.53. The van der Waals surface area contributed by atoms with Crippen LogP contribution in [0.1, 0.15) is 5.69 Å². The van der Waals surface area contributed by atoms with Crippen molar-refractivity contribution in [2.45, 2.75) is 5.54 Å². The normalized spacial score (nSPS) is 23.7. The lowest BCUT2D eigenvalue weighted by molar-refractivity contribution is 0.0278. The molecule has 0 fully saturated rings. The molecule has 2 rings (SSSR count). The molecule has 2 heterocycles. The summed E-state index contributed by atoms with van der Waals surface area (Å²) in [4.78, 5) is 5.91. The lowest BCUT2D eigenvalue weighted by atomic mass is 9.91. The highest BCUT2D eigenvalue weighted by molar-refractivity contribution is 9.11. The van der Waals surface area contributed by atoms with Gasteiger partial charge in [-0.25, -0.2) is 0 Å². The zero-order valence-corrected chi connectivity index (χ0v) is 10.7. The van der Waals surface area contributed by atoms with Gasteiger partial charge in [-0.1, -0.05) is 18.2 Å². The molecule has 5 heteroatoms. The molecule has 4 nitrogen and oxygen atoms in total. The number of hydrogen-bond donors (Lipinski definition) is 2. The average molecular weight is 297 g/mol. The summed E-state index contributed by atoms with van der Waals surface area (Å²) in [5, 5.41) is 19.2. The van der Waals surface area contributed by atoms with Crippen molar-refractivity contribution < 1.29 is 10.2 Å². The molecule has 1 aliphatic rings. The van der Waals surface area contributed by atoms with Gasteiger partial charge in [-0.15, -0.1) is 0 Å². The first kappa shape index (κ1) is 12.3. The van der Waals surface area contributed by atoms with Crippen molar-refractivity contribution in [3.8, 4) is 0 Å². The fraction of sp³-hybridized carbons (Fsp3) is 0.250. The van der Waals surface area contributed by atoms with Crippen LogP contribution in [0.4, 0.5) is 0 Å². The van der Waals surface area contributed by atoms with E-state index in [9.17, 15) is 10.2 Å². The number of pyridine rings is 1. The predicted octanol–water partition coefficient (Wildman–Crippen LogP) is 1.33.